The van der Waals surface area contributed by atoms with Crippen LogP contribution in [0.5, 0.6) is 0 Å². The summed E-state index contributed by atoms with van der Waals surface area (Å²) in [6.07, 6.45) is 6.77. The highest BCUT2D eigenvalue weighted by Crippen LogP contribution is 2.31. The van der Waals surface area contributed by atoms with E-state index in [2.05, 4.69) is 34.5 Å². The summed E-state index contributed by atoms with van der Waals surface area (Å²) in [6.45, 7) is 3.42. The smallest absolute Gasteiger partial charge is 0.224 e. The first-order valence-corrected chi connectivity index (χ1v) is 10.1. The van der Waals surface area contributed by atoms with Crippen LogP contribution >= 0.6 is 0 Å². The van der Waals surface area contributed by atoms with Crippen LogP contribution in [-0.4, -0.2) is 48.9 Å². The summed E-state index contributed by atoms with van der Waals surface area (Å²) in [6, 6.07) is 9.06. The number of fused-ring (bicyclic) bond motifs is 1. The van der Waals surface area contributed by atoms with Crippen molar-refractivity contribution >= 4 is 17.5 Å². The molecule has 1 aromatic rings. The van der Waals surface area contributed by atoms with Gasteiger partial charge in [0, 0.05) is 44.3 Å². The molecule has 1 saturated heterocycles. The van der Waals surface area contributed by atoms with Gasteiger partial charge in [0.1, 0.15) is 0 Å². The Balaban J connectivity index is 1.21. The minimum atomic E-state index is -0.0241. The summed E-state index contributed by atoms with van der Waals surface area (Å²) in [5, 5.41) is 3.11. The van der Waals surface area contributed by atoms with Crippen LogP contribution in [0.4, 0.5) is 5.69 Å². The van der Waals surface area contributed by atoms with Gasteiger partial charge in [-0.2, -0.15) is 0 Å². The first-order valence-electron chi connectivity index (χ1n) is 10.1. The zero-order valence-corrected chi connectivity index (χ0v) is 15.5. The molecule has 1 N–H and O–H groups in total. The summed E-state index contributed by atoms with van der Waals surface area (Å²) in [7, 11) is 0. The summed E-state index contributed by atoms with van der Waals surface area (Å²) in [4.78, 5) is 28.8. The molecule has 5 heteroatoms. The molecule has 1 saturated carbocycles. The zero-order valence-electron chi connectivity index (χ0n) is 15.5. The quantitative estimate of drug-likeness (QED) is 0.797. The number of para-hydroxylation sites is 1. The summed E-state index contributed by atoms with van der Waals surface area (Å²) in [5.41, 5.74) is 2.80. The molecule has 0 spiro atoms. The van der Waals surface area contributed by atoms with Crippen molar-refractivity contribution in [3.8, 4) is 0 Å². The van der Waals surface area contributed by atoms with E-state index in [4.69, 9.17) is 0 Å². The van der Waals surface area contributed by atoms with Gasteiger partial charge in [-0.25, -0.2) is 0 Å². The van der Waals surface area contributed by atoms with Crippen LogP contribution in [0.1, 0.15) is 44.1 Å². The van der Waals surface area contributed by atoms with Gasteiger partial charge >= 0.3 is 0 Å². The molecule has 1 unspecified atom stereocenters. The number of carbonyl (C=O) groups is 2. The molecule has 140 valence electrons. The van der Waals surface area contributed by atoms with Crippen LogP contribution in [-0.2, 0) is 16.0 Å². The Morgan fingerprint density at radius 3 is 2.85 bits per heavy atom. The number of anilines is 1. The van der Waals surface area contributed by atoms with E-state index in [9.17, 15) is 9.59 Å². The fraction of sp³-hybridized carbons (Fsp3) is 0.619. The summed E-state index contributed by atoms with van der Waals surface area (Å²) in [5.74, 6) is 0.339. The Labute approximate surface area is 155 Å². The summed E-state index contributed by atoms with van der Waals surface area (Å²) < 4.78 is 0. The highest BCUT2D eigenvalue weighted by molar-refractivity contribution is 5.84. The van der Waals surface area contributed by atoms with E-state index in [1.54, 1.807) is 0 Å². The number of nitrogens with one attached hydrogen (secondary N) is 1. The van der Waals surface area contributed by atoms with Crippen LogP contribution in [0.25, 0.3) is 0 Å². The second kappa shape index (κ2) is 7.68. The molecule has 2 fully saturated rings. The molecule has 3 aliphatic rings. The third kappa shape index (κ3) is 3.87. The molecular weight excluding hydrogens is 326 g/mol. The summed E-state index contributed by atoms with van der Waals surface area (Å²) >= 11 is 0. The highest BCUT2D eigenvalue weighted by atomic mass is 16.2. The fourth-order valence-electron chi connectivity index (χ4n) is 4.29. The van der Waals surface area contributed by atoms with Gasteiger partial charge in [-0.15, -0.1) is 0 Å². The average Bonchev–Trinajstić information content (AvgIpc) is 3.50. The Morgan fingerprint density at radius 2 is 2.00 bits per heavy atom. The molecule has 1 aliphatic carbocycles. The monoisotopic (exact) mass is 355 g/mol. The molecule has 1 atom stereocenters. The number of benzene rings is 1. The average molecular weight is 355 g/mol. The molecule has 0 aromatic heterocycles. The van der Waals surface area contributed by atoms with Crippen LogP contribution in [0, 0.1) is 5.92 Å². The maximum atomic E-state index is 12.5. The van der Waals surface area contributed by atoms with Gasteiger partial charge in [0.2, 0.25) is 11.8 Å². The number of piperidine rings is 1. The third-order valence-electron chi connectivity index (χ3n) is 5.91. The Morgan fingerprint density at radius 1 is 1.15 bits per heavy atom. The number of likely N-dealkylation sites (tertiary alicyclic amines) is 1. The number of hydrogen-bond donors (Lipinski definition) is 1. The lowest BCUT2D eigenvalue weighted by molar-refractivity contribution is -0.138. The van der Waals surface area contributed by atoms with Crippen molar-refractivity contribution in [1.82, 2.24) is 10.2 Å². The lowest BCUT2D eigenvalue weighted by atomic mass is 9.96. The predicted molar refractivity (Wildman–Crippen MR) is 102 cm³/mol. The fourth-order valence-corrected chi connectivity index (χ4v) is 4.29. The Hall–Kier alpha value is -2.04. The van der Waals surface area contributed by atoms with Crippen molar-refractivity contribution in [2.45, 2.75) is 51.0 Å². The minimum absolute atomic E-state index is 0.0241. The zero-order chi connectivity index (χ0) is 17.9. The first kappa shape index (κ1) is 17.4. The number of amides is 2. The normalized spacial score (nSPS) is 22.9. The van der Waals surface area contributed by atoms with E-state index in [0.29, 0.717) is 32.0 Å². The SMILES string of the molecule is O=C(NCCCN1CCCc2ccccc21)C1CCC(=O)N(C2CC2)C1. The maximum Gasteiger partial charge on any atom is 0.224 e. The van der Waals surface area contributed by atoms with E-state index in [0.717, 1.165) is 32.4 Å². The van der Waals surface area contributed by atoms with Gasteiger partial charge in [-0.3, -0.25) is 9.59 Å². The van der Waals surface area contributed by atoms with Gasteiger partial charge in [-0.05, 0) is 50.2 Å². The second-order valence-electron chi connectivity index (χ2n) is 7.88. The van der Waals surface area contributed by atoms with Crippen LogP contribution in [0.3, 0.4) is 0 Å². The van der Waals surface area contributed by atoms with Crippen LogP contribution < -0.4 is 10.2 Å². The van der Waals surface area contributed by atoms with Gasteiger partial charge in [0.15, 0.2) is 0 Å². The van der Waals surface area contributed by atoms with E-state index in [-0.39, 0.29) is 17.7 Å². The van der Waals surface area contributed by atoms with Gasteiger partial charge < -0.3 is 15.1 Å². The number of aryl methyl sites for hydroxylation is 1. The second-order valence-corrected chi connectivity index (χ2v) is 7.88. The number of rotatable bonds is 6. The first-order chi connectivity index (χ1) is 12.7. The largest absolute Gasteiger partial charge is 0.371 e. The number of carbonyl (C=O) groups excluding carboxylic acids is 2. The lowest BCUT2D eigenvalue weighted by Gasteiger charge is -2.32. The van der Waals surface area contributed by atoms with Crippen molar-refractivity contribution in [3.05, 3.63) is 29.8 Å². The van der Waals surface area contributed by atoms with E-state index >= 15 is 0 Å². The predicted octanol–water partition coefficient (Wildman–Crippen LogP) is 2.35. The molecule has 2 aliphatic heterocycles. The van der Waals surface area contributed by atoms with E-state index in [1.165, 1.54) is 24.1 Å². The number of nitrogens with zero attached hydrogens (tertiary/aromatic N) is 2. The van der Waals surface area contributed by atoms with Crippen LogP contribution in [0.2, 0.25) is 0 Å². The van der Waals surface area contributed by atoms with Crippen molar-refractivity contribution in [1.29, 1.82) is 0 Å². The molecule has 2 amide bonds. The van der Waals surface area contributed by atoms with Crippen molar-refractivity contribution < 1.29 is 9.59 Å². The Kier molecular flexibility index (Phi) is 5.14. The third-order valence-corrected chi connectivity index (χ3v) is 5.91. The molecular formula is C21H29N3O2. The molecule has 5 nitrogen and oxygen atoms in total. The molecule has 1 aromatic carbocycles. The molecule has 2 heterocycles. The topological polar surface area (TPSA) is 52.7 Å². The van der Waals surface area contributed by atoms with Crippen molar-refractivity contribution in [3.63, 3.8) is 0 Å². The minimum Gasteiger partial charge on any atom is -0.371 e. The standard InChI is InChI=1S/C21H29N3O2/c25-20-11-8-17(15-24(20)18-9-10-18)21(26)22-12-4-14-23-13-3-6-16-5-1-2-7-19(16)23/h1-2,5,7,17-18H,3-4,6,8-15H2,(H,22,26). The van der Waals surface area contributed by atoms with Gasteiger partial charge in [-0.1, -0.05) is 18.2 Å². The highest BCUT2D eigenvalue weighted by Gasteiger charge is 2.38. The molecule has 26 heavy (non-hydrogen) atoms. The van der Waals surface area contributed by atoms with Crippen molar-refractivity contribution in [2.24, 2.45) is 5.92 Å². The van der Waals surface area contributed by atoms with E-state index in [1.807, 2.05) is 4.90 Å². The molecule has 4 rings (SSSR count). The number of hydrogen-bond acceptors (Lipinski definition) is 3. The Bertz CT molecular complexity index is 671. The maximum absolute atomic E-state index is 12.5. The molecule has 0 radical (unpaired) electrons. The van der Waals surface area contributed by atoms with Gasteiger partial charge in [0.05, 0.1) is 5.92 Å². The lowest BCUT2D eigenvalue weighted by Crippen LogP contribution is -2.47. The van der Waals surface area contributed by atoms with Crippen LogP contribution in [0.15, 0.2) is 24.3 Å². The van der Waals surface area contributed by atoms with Gasteiger partial charge in [0.25, 0.3) is 0 Å². The molecule has 0 bridgehead atoms. The van der Waals surface area contributed by atoms with E-state index < -0.39 is 0 Å². The van der Waals surface area contributed by atoms with Crippen molar-refractivity contribution in [2.75, 3.05) is 31.1 Å².